The second-order valence-electron chi connectivity index (χ2n) is 3.63. The fourth-order valence-corrected chi connectivity index (χ4v) is 3.57. The molecule has 0 bridgehead atoms. The zero-order chi connectivity index (χ0) is 13.7. The van der Waals surface area contributed by atoms with Gasteiger partial charge in [-0.1, -0.05) is 48.5 Å². The monoisotopic (exact) mass is 367 g/mol. The van der Waals surface area contributed by atoms with Gasteiger partial charge in [0.05, 0.1) is 0 Å². The van der Waals surface area contributed by atoms with E-state index in [2.05, 4.69) is 0 Å². The van der Waals surface area contributed by atoms with Crippen LogP contribution in [0.4, 0.5) is 0 Å². The molecule has 19 heavy (non-hydrogen) atoms. The summed E-state index contributed by atoms with van der Waals surface area (Å²) in [6.07, 6.45) is 0. The number of rotatable bonds is 4. The van der Waals surface area contributed by atoms with Crippen molar-refractivity contribution in [2.75, 3.05) is 0 Å². The molecule has 0 saturated carbocycles. The smallest absolute Gasteiger partial charge is 0.470 e. The summed E-state index contributed by atoms with van der Waals surface area (Å²) in [5.41, 5.74) is 0.366. The predicted molar refractivity (Wildman–Crippen MR) is 65.5 cm³/mol. The Balaban J connectivity index is 2.38. The van der Waals surface area contributed by atoms with Crippen molar-refractivity contribution in [3.05, 3.63) is 83.6 Å². The minimum atomic E-state index is -1.08. The van der Waals surface area contributed by atoms with Crippen molar-refractivity contribution in [1.82, 2.24) is 0 Å². The first-order valence-electron chi connectivity index (χ1n) is 5.49. The number of nitro groups is 1. The van der Waals surface area contributed by atoms with Crippen molar-refractivity contribution in [3.8, 4) is 0 Å². The molecule has 0 atom stereocenters. The first kappa shape index (κ1) is 13.5. The third kappa shape index (κ3) is 3.54. The normalized spacial score (nSPS) is 11.8. The van der Waals surface area contributed by atoms with Crippen LogP contribution < -0.4 is 26.3 Å². The number of halogens is 1. The molecule has 0 amide bonds. The Hall–Kier alpha value is -1.89. The topological polar surface area (TPSA) is 66.2 Å². The highest BCUT2D eigenvalue weighted by Gasteiger charge is 2.32. The SMILES string of the molecule is O=[N+]([O-])/C([I+]c1ccccc1)=C(\[O-])c1ccccc1. The van der Waals surface area contributed by atoms with Crippen LogP contribution >= 0.6 is 0 Å². The third-order valence-electron chi connectivity index (χ3n) is 2.32. The molecule has 96 valence electrons. The highest BCUT2D eigenvalue weighted by Crippen LogP contribution is 2.08. The van der Waals surface area contributed by atoms with Gasteiger partial charge < -0.3 is 5.11 Å². The molecule has 0 unspecified atom stereocenters. The van der Waals surface area contributed by atoms with Crippen molar-refractivity contribution in [2.45, 2.75) is 0 Å². The van der Waals surface area contributed by atoms with Crippen molar-refractivity contribution < 1.29 is 31.2 Å². The molecule has 0 N–H and O–H groups in total. The van der Waals surface area contributed by atoms with E-state index in [0.29, 0.717) is 5.56 Å². The van der Waals surface area contributed by atoms with Crippen LogP contribution in [0.1, 0.15) is 5.56 Å². The van der Waals surface area contributed by atoms with Crippen LogP contribution in [0.2, 0.25) is 0 Å². The maximum Gasteiger partial charge on any atom is 0.470 e. The summed E-state index contributed by atoms with van der Waals surface area (Å²) in [6, 6.07) is 17.5. The standard InChI is InChI=1S/C14H10INO3/c17-13(11-7-3-1-4-8-11)14(16(18)19)15-12-9-5-2-6-10-12/h1-10H/b14-13-. The molecule has 0 aliphatic rings. The molecule has 4 nitrogen and oxygen atoms in total. The average Bonchev–Trinajstić information content (AvgIpc) is 2.46. The molecule has 0 aromatic heterocycles. The van der Waals surface area contributed by atoms with Gasteiger partial charge in [-0.05, 0) is 17.7 Å². The molecule has 0 fully saturated rings. The lowest BCUT2D eigenvalue weighted by Crippen LogP contribution is -3.61. The van der Waals surface area contributed by atoms with E-state index in [1.54, 1.807) is 30.3 Å². The van der Waals surface area contributed by atoms with Gasteiger partial charge in [-0.15, -0.1) is 0 Å². The lowest BCUT2D eigenvalue weighted by atomic mass is 10.2. The van der Waals surface area contributed by atoms with E-state index in [9.17, 15) is 15.2 Å². The second-order valence-corrected chi connectivity index (χ2v) is 6.44. The van der Waals surface area contributed by atoms with Crippen molar-refractivity contribution in [1.29, 1.82) is 0 Å². The average molecular weight is 367 g/mol. The molecule has 0 radical (unpaired) electrons. The lowest BCUT2D eigenvalue weighted by molar-refractivity contribution is -0.705. The summed E-state index contributed by atoms with van der Waals surface area (Å²) in [7, 11) is 0. The van der Waals surface area contributed by atoms with Crippen molar-refractivity contribution in [3.63, 3.8) is 0 Å². The summed E-state index contributed by atoms with van der Waals surface area (Å²) in [4.78, 5) is 10.5. The second kappa shape index (κ2) is 6.33. The van der Waals surface area contributed by atoms with E-state index in [4.69, 9.17) is 0 Å². The van der Waals surface area contributed by atoms with Gasteiger partial charge in [0.2, 0.25) is 3.57 Å². The summed E-state index contributed by atoms with van der Waals surface area (Å²) in [5.74, 6) is -0.484. The fraction of sp³-hybridized carbons (Fsp3) is 0. The molecule has 0 aliphatic carbocycles. The first-order chi connectivity index (χ1) is 9.18. The number of benzene rings is 2. The molecule has 0 heterocycles. The van der Waals surface area contributed by atoms with E-state index in [0.717, 1.165) is 3.57 Å². The number of hydrogen-bond donors (Lipinski definition) is 0. The maximum absolute atomic E-state index is 12.1. The van der Waals surface area contributed by atoms with E-state index < -0.39 is 31.9 Å². The molecular weight excluding hydrogens is 357 g/mol. The largest absolute Gasteiger partial charge is 0.864 e. The molecule has 0 spiro atoms. The molecule has 0 aliphatic heterocycles. The summed E-state index contributed by atoms with van der Waals surface area (Å²) < 4.78 is 0.661. The predicted octanol–water partition coefficient (Wildman–Crippen LogP) is -1.09. The highest BCUT2D eigenvalue weighted by atomic mass is 127. The van der Waals surface area contributed by atoms with Crippen LogP contribution in [-0.2, 0) is 0 Å². The van der Waals surface area contributed by atoms with Crippen LogP contribution in [0.5, 0.6) is 0 Å². The minimum Gasteiger partial charge on any atom is -0.864 e. The molecule has 5 heteroatoms. The van der Waals surface area contributed by atoms with Crippen LogP contribution in [0.15, 0.2) is 64.4 Å². The van der Waals surface area contributed by atoms with Gasteiger partial charge in [-0.25, -0.2) is 0 Å². The van der Waals surface area contributed by atoms with Gasteiger partial charge >= 0.3 is 24.9 Å². The summed E-state index contributed by atoms with van der Waals surface area (Å²) in [5, 5.41) is 23.2. The summed E-state index contributed by atoms with van der Waals surface area (Å²) >= 11 is -1.08. The molecular formula is C14H10INO3. The lowest BCUT2D eigenvalue weighted by Gasteiger charge is -2.06. The van der Waals surface area contributed by atoms with E-state index in [1.807, 2.05) is 30.3 Å². The van der Waals surface area contributed by atoms with Crippen LogP contribution in [-0.4, -0.2) is 4.92 Å². The number of hydrogen-bond acceptors (Lipinski definition) is 3. The Morgan fingerprint density at radius 2 is 1.47 bits per heavy atom. The Kier molecular flexibility index (Phi) is 4.51. The van der Waals surface area contributed by atoms with Gasteiger partial charge in [0.25, 0.3) is 0 Å². The molecule has 2 rings (SSSR count). The Bertz CT molecular complexity index is 597. The Labute approximate surface area is 120 Å². The minimum absolute atomic E-state index is 0.198. The van der Waals surface area contributed by atoms with E-state index in [1.165, 1.54) is 0 Å². The first-order valence-corrected chi connectivity index (χ1v) is 7.65. The fourth-order valence-electron chi connectivity index (χ4n) is 1.45. The van der Waals surface area contributed by atoms with Crippen molar-refractivity contribution in [2.24, 2.45) is 0 Å². The van der Waals surface area contributed by atoms with Gasteiger partial charge in [0.15, 0.2) is 0 Å². The van der Waals surface area contributed by atoms with E-state index in [-0.39, 0.29) is 3.70 Å². The quantitative estimate of drug-likeness (QED) is 0.227. The Morgan fingerprint density at radius 1 is 0.947 bits per heavy atom. The maximum atomic E-state index is 12.1. The highest BCUT2D eigenvalue weighted by molar-refractivity contribution is 5.56. The zero-order valence-corrected chi connectivity index (χ0v) is 12.0. The van der Waals surface area contributed by atoms with Gasteiger partial charge in [-0.2, -0.15) is 0 Å². The van der Waals surface area contributed by atoms with Gasteiger partial charge in [0.1, 0.15) is 4.92 Å². The Morgan fingerprint density at radius 3 is 2.00 bits per heavy atom. The van der Waals surface area contributed by atoms with Crippen LogP contribution in [0.25, 0.3) is 5.76 Å². The molecule has 2 aromatic carbocycles. The van der Waals surface area contributed by atoms with E-state index >= 15 is 0 Å². The zero-order valence-electron chi connectivity index (χ0n) is 9.82. The third-order valence-corrected chi connectivity index (χ3v) is 5.05. The summed E-state index contributed by atoms with van der Waals surface area (Å²) in [6.45, 7) is 0. The van der Waals surface area contributed by atoms with Gasteiger partial charge in [-0.3, -0.25) is 10.1 Å². The number of nitrogens with zero attached hydrogens (tertiary/aromatic N) is 1. The van der Waals surface area contributed by atoms with Gasteiger partial charge in [0, 0.05) is 5.76 Å². The van der Waals surface area contributed by atoms with Crippen molar-refractivity contribution >= 4 is 5.76 Å². The van der Waals surface area contributed by atoms with Crippen LogP contribution in [0, 0.1) is 13.7 Å². The van der Waals surface area contributed by atoms with Crippen LogP contribution in [0.3, 0.4) is 0 Å². The molecule has 2 aromatic rings. The molecule has 0 saturated heterocycles.